The van der Waals surface area contributed by atoms with Gasteiger partial charge in [-0.05, 0) is 38.0 Å². The van der Waals surface area contributed by atoms with Gasteiger partial charge in [-0.3, -0.25) is 4.79 Å². The van der Waals surface area contributed by atoms with Crippen LogP contribution in [0.3, 0.4) is 0 Å². The van der Waals surface area contributed by atoms with E-state index in [1.807, 2.05) is 4.90 Å². The number of ether oxygens (including phenoxy) is 1. The molecule has 25 heavy (non-hydrogen) atoms. The van der Waals surface area contributed by atoms with Gasteiger partial charge in [-0.15, -0.1) is 0 Å². The molecule has 1 N–H and O–H groups in total. The van der Waals surface area contributed by atoms with Crippen LogP contribution in [-0.2, 0) is 28.8 Å². The van der Waals surface area contributed by atoms with Gasteiger partial charge in [0.2, 0.25) is 5.91 Å². The minimum atomic E-state index is 0.146. The van der Waals surface area contributed by atoms with Crippen molar-refractivity contribution >= 4 is 11.7 Å². The molecule has 0 aromatic carbocycles. The molecule has 2 aliphatic heterocycles. The van der Waals surface area contributed by atoms with Crippen molar-refractivity contribution in [2.45, 2.75) is 58.0 Å². The summed E-state index contributed by atoms with van der Waals surface area (Å²) in [5.41, 5.74) is 2.32. The van der Waals surface area contributed by atoms with Crippen LogP contribution in [0.5, 0.6) is 0 Å². The number of nitrogens with one attached hydrogen (secondary N) is 1. The molecule has 1 unspecified atom stereocenters. The zero-order valence-corrected chi connectivity index (χ0v) is 15.1. The number of nitrogens with zero attached hydrogens (tertiary/aromatic N) is 3. The second kappa shape index (κ2) is 7.28. The van der Waals surface area contributed by atoms with E-state index in [1.54, 1.807) is 6.92 Å². The molecule has 6 heteroatoms. The average molecular weight is 344 g/mol. The minimum Gasteiger partial charge on any atom is -0.376 e. The second-order valence-electron chi connectivity index (χ2n) is 7.58. The van der Waals surface area contributed by atoms with E-state index in [2.05, 4.69) is 5.32 Å². The fourth-order valence-corrected chi connectivity index (χ4v) is 3.80. The molecule has 6 nitrogen and oxygen atoms in total. The van der Waals surface area contributed by atoms with Crippen molar-refractivity contribution in [3.63, 3.8) is 0 Å². The highest BCUT2D eigenvalue weighted by Gasteiger charge is 2.26. The van der Waals surface area contributed by atoms with Gasteiger partial charge in [0.25, 0.3) is 0 Å². The Morgan fingerprint density at radius 3 is 2.80 bits per heavy atom. The smallest absolute Gasteiger partial charge is 0.219 e. The molecule has 1 atom stereocenters. The van der Waals surface area contributed by atoms with E-state index in [1.165, 1.54) is 18.4 Å². The van der Waals surface area contributed by atoms with Crippen LogP contribution in [0.4, 0.5) is 5.82 Å². The normalized spacial score (nSPS) is 23.2. The highest BCUT2D eigenvalue weighted by atomic mass is 16.5. The van der Waals surface area contributed by atoms with Crippen molar-refractivity contribution in [2.75, 3.05) is 31.6 Å². The number of hydrogen-bond donors (Lipinski definition) is 1. The highest BCUT2D eigenvalue weighted by Crippen LogP contribution is 2.32. The topological polar surface area (TPSA) is 67.4 Å². The maximum absolute atomic E-state index is 11.8. The monoisotopic (exact) mass is 344 g/mol. The van der Waals surface area contributed by atoms with Gasteiger partial charge < -0.3 is 15.0 Å². The predicted molar refractivity (Wildman–Crippen MR) is 95.6 cm³/mol. The summed E-state index contributed by atoms with van der Waals surface area (Å²) in [7, 11) is 0. The summed E-state index contributed by atoms with van der Waals surface area (Å²) in [6.07, 6.45) is 7.79. The number of amides is 1. The number of fused-ring (bicyclic) bond motifs is 1. The molecule has 3 heterocycles. The molecule has 136 valence electrons. The zero-order chi connectivity index (χ0) is 17.2. The van der Waals surface area contributed by atoms with Gasteiger partial charge in [0.1, 0.15) is 11.6 Å². The van der Waals surface area contributed by atoms with Crippen molar-refractivity contribution < 1.29 is 9.53 Å². The Morgan fingerprint density at radius 2 is 2.08 bits per heavy atom. The van der Waals surface area contributed by atoms with Crippen molar-refractivity contribution in [3.8, 4) is 0 Å². The third-order valence-corrected chi connectivity index (χ3v) is 5.52. The van der Waals surface area contributed by atoms with E-state index in [9.17, 15) is 4.79 Å². The Hall–Kier alpha value is -1.69. The molecule has 1 aromatic rings. The van der Waals surface area contributed by atoms with Crippen LogP contribution in [0.1, 0.15) is 49.7 Å². The molecule has 1 amide bonds. The molecule has 0 bridgehead atoms. The standard InChI is InChI=1S/C19H28N4O2/c1-13(24)23-8-6-16-17(7-9-23)21-18(11-14-4-5-14)22-19(16)20-12-15-3-2-10-25-15/h14-15H,2-12H2,1H3,(H,20,21,22). The van der Waals surface area contributed by atoms with Gasteiger partial charge in [-0.25, -0.2) is 9.97 Å². The Labute approximate surface area is 149 Å². The van der Waals surface area contributed by atoms with Crippen molar-refractivity contribution in [1.29, 1.82) is 0 Å². The van der Waals surface area contributed by atoms with E-state index < -0.39 is 0 Å². The highest BCUT2D eigenvalue weighted by molar-refractivity contribution is 5.73. The quantitative estimate of drug-likeness (QED) is 0.884. The first kappa shape index (κ1) is 16.8. The fraction of sp³-hybridized carbons (Fsp3) is 0.737. The van der Waals surface area contributed by atoms with Crippen molar-refractivity contribution in [1.82, 2.24) is 14.9 Å². The zero-order valence-electron chi connectivity index (χ0n) is 15.1. The van der Waals surface area contributed by atoms with E-state index in [4.69, 9.17) is 14.7 Å². The van der Waals surface area contributed by atoms with Crippen LogP contribution in [0, 0.1) is 5.92 Å². The summed E-state index contributed by atoms with van der Waals surface area (Å²) < 4.78 is 5.74. The summed E-state index contributed by atoms with van der Waals surface area (Å²) >= 11 is 0. The van der Waals surface area contributed by atoms with Gasteiger partial charge in [0.05, 0.1) is 11.8 Å². The first-order valence-electron chi connectivity index (χ1n) is 9.68. The lowest BCUT2D eigenvalue weighted by Gasteiger charge is -2.18. The number of carbonyl (C=O) groups excluding carboxylic acids is 1. The minimum absolute atomic E-state index is 0.146. The van der Waals surface area contributed by atoms with Crippen LogP contribution in [0.2, 0.25) is 0 Å². The molecule has 1 aliphatic carbocycles. The van der Waals surface area contributed by atoms with E-state index in [0.29, 0.717) is 0 Å². The average Bonchev–Trinajstić information content (AvgIpc) is 3.30. The first-order chi connectivity index (χ1) is 12.2. The summed E-state index contributed by atoms with van der Waals surface area (Å²) in [6, 6.07) is 0. The van der Waals surface area contributed by atoms with Gasteiger partial charge in [0, 0.05) is 51.6 Å². The van der Waals surface area contributed by atoms with E-state index in [-0.39, 0.29) is 12.0 Å². The molecule has 0 radical (unpaired) electrons. The lowest BCUT2D eigenvalue weighted by Crippen LogP contribution is -2.31. The lowest BCUT2D eigenvalue weighted by molar-refractivity contribution is -0.128. The van der Waals surface area contributed by atoms with Crippen molar-refractivity contribution in [3.05, 3.63) is 17.1 Å². The predicted octanol–water partition coefficient (Wildman–Crippen LogP) is 1.97. The molecule has 0 spiro atoms. The largest absolute Gasteiger partial charge is 0.376 e. The Bertz CT molecular complexity index is 639. The Kier molecular flexibility index (Phi) is 4.88. The van der Waals surface area contributed by atoms with Crippen molar-refractivity contribution in [2.24, 2.45) is 5.92 Å². The fourth-order valence-electron chi connectivity index (χ4n) is 3.80. The molecular weight excluding hydrogens is 316 g/mol. The molecule has 1 aromatic heterocycles. The second-order valence-corrected chi connectivity index (χ2v) is 7.58. The number of hydrogen-bond acceptors (Lipinski definition) is 5. The van der Waals surface area contributed by atoms with Crippen LogP contribution in [0.25, 0.3) is 0 Å². The third-order valence-electron chi connectivity index (χ3n) is 5.52. The van der Waals surface area contributed by atoms with Crippen LogP contribution >= 0.6 is 0 Å². The van der Waals surface area contributed by atoms with Crippen LogP contribution in [0.15, 0.2) is 0 Å². The van der Waals surface area contributed by atoms with E-state index >= 15 is 0 Å². The SMILES string of the molecule is CC(=O)N1CCc2nc(CC3CC3)nc(NCC3CCCO3)c2CC1. The number of rotatable bonds is 5. The summed E-state index contributed by atoms with van der Waals surface area (Å²) in [5, 5.41) is 3.54. The Balaban J connectivity index is 1.55. The molecule has 4 rings (SSSR count). The molecular formula is C19H28N4O2. The summed E-state index contributed by atoms with van der Waals surface area (Å²) in [4.78, 5) is 23.4. The van der Waals surface area contributed by atoms with Gasteiger partial charge >= 0.3 is 0 Å². The molecule has 2 fully saturated rings. The maximum atomic E-state index is 11.8. The number of aromatic nitrogens is 2. The maximum Gasteiger partial charge on any atom is 0.219 e. The summed E-state index contributed by atoms with van der Waals surface area (Å²) in [6.45, 7) is 4.84. The molecule has 3 aliphatic rings. The van der Waals surface area contributed by atoms with Crippen LogP contribution in [-0.4, -0.2) is 53.1 Å². The third kappa shape index (κ3) is 4.11. The number of carbonyl (C=O) groups is 1. The van der Waals surface area contributed by atoms with Gasteiger partial charge in [-0.1, -0.05) is 0 Å². The lowest BCUT2D eigenvalue weighted by atomic mass is 10.1. The molecule has 1 saturated carbocycles. The van der Waals surface area contributed by atoms with Gasteiger partial charge in [0.15, 0.2) is 0 Å². The first-order valence-corrected chi connectivity index (χ1v) is 9.68. The Morgan fingerprint density at radius 1 is 1.24 bits per heavy atom. The van der Waals surface area contributed by atoms with Gasteiger partial charge in [-0.2, -0.15) is 0 Å². The molecule has 1 saturated heterocycles. The number of anilines is 1. The van der Waals surface area contributed by atoms with E-state index in [0.717, 1.165) is 81.6 Å². The van der Waals surface area contributed by atoms with Crippen LogP contribution < -0.4 is 5.32 Å². The summed E-state index contributed by atoms with van der Waals surface area (Å²) in [5.74, 6) is 2.85.